The third-order valence-corrected chi connectivity index (χ3v) is 4.93. The molecule has 22 heavy (non-hydrogen) atoms. The first-order chi connectivity index (χ1) is 10.6. The predicted octanol–water partition coefficient (Wildman–Crippen LogP) is 4.40. The van der Waals surface area contributed by atoms with E-state index in [0.717, 1.165) is 30.5 Å². The Morgan fingerprint density at radius 2 is 1.82 bits per heavy atom. The number of amides is 1. The number of benzene rings is 1. The lowest BCUT2D eigenvalue weighted by Crippen LogP contribution is -2.50. The average Bonchev–Trinajstić information content (AvgIpc) is 2.79. The van der Waals surface area contributed by atoms with Crippen LogP contribution in [0.4, 0.5) is 5.69 Å². The number of hydrogen-bond acceptors (Lipinski definition) is 2. The first-order valence-electron chi connectivity index (χ1n) is 8.02. The number of aliphatic hydroxyl groups is 1. The number of halogens is 1. The summed E-state index contributed by atoms with van der Waals surface area (Å²) in [5.74, 6) is -0.142. The van der Waals surface area contributed by atoms with Crippen LogP contribution < -0.4 is 4.90 Å². The van der Waals surface area contributed by atoms with Crippen molar-refractivity contribution < 1.29 is 9.90 Å². The minimum absolute atomic E-state index is 0.142. The minimum atomic E-state index is -1.25. The quantitative estimate of drug-likeness (QED) is 0.547. The number of carbonyl (C=O) groups excluding carboxylic acids is 1. The summed E-state index contributed by atoms with van der Waals surface area (Å²) in [6.45, 7) is 2.19. The van der Waals surface area contributed by atoms with Gasteiger partial charge in [0.15, 0.2) is 5.72 Å². The molecule has 4 heteroatoms. The van der Waals surface area contributed by atoms with E-state index in [9.17, 15) is 9.90 Å². The molecule has 1 aliphatic rings. The molecule has 0 radical (unpaired) electrons. The number of hydrogen-bond donors (Lipinski definition) is 1. The average molecular weight is 366 g/mol. The third kappa shape index (κ3) is 3.61. The van der Waals surface area contributed by atoms with E-state index in [2.05, 4.69) is 22.9 Å². The Labute approximate surface area is 141 Å². The normalized spacial score (nSPS) is 21.3. The Bertz CT molecular complexity index is 529. The summed E-state index contributed by atoms with van der Waals surface area (Å²) < 4.78 is 0. The first-order valence-corrected chi connectivity index (χ1v) is 9.14. The van der Waals surface area contributed by atoms with E-state index in [-0.39, 0.29) is 5.91 Å². The Balaban J connectivity index is 2.09. The lowest BCUT2D eigenvalue weighted by molar-refractivity contribution is -0.115. The summed E-state index contributed by atoms with van der Waals surface area (Å²) in [6, 6.07) is 9.35. The van der Waals surface area contributed by atoms with Crippen LogP contribution in [0, 0.1) is 0 Å². The van der Waals surface area contributed by atoms with Gasteiger partial charge in [-0.15, -0.1) is 0 Å². The van der Waals surface area contributed by atoms with E-state index in [1.54, 1.807) is 6.08 Å². The molecule has 1 aliphatic heterocycles. The molecule has 0 saturated carbocycles. The van der Waals surface area contributed by atoms with Gasteiger partial charge in [0.05, 0.1) is 5.33 Å². The van der Waals surface area contributed by atoms with Crippen LogP contribution >= 0.6 is 15.9 Å². The van der Waals surface area contributed by atoms with Crippen molar-refractivity contribution in [1.29, 1.82) is 0 Å². The maximum atomic E-state index is 12.4. The molecule has 1 aromatic rings. The Morgan fingerprint density at radius 3 is 2.45 bits per heavy atom. The van der Waals surface area contributed by atoms with Crippen LogP contribution in [0.2, 0.25) is 0 Å². The molecule has 0 spiro atoms. The van der Waals surface area contributed by atoms with Crippen LogP contribution in [0.3, 0.4) is 0 Å². The number of unbranched alkanes of at least 4 members (excludes halogenated alkanes) is 4. The van der Waals surface area contributed by atoms with E-state index in [0.29, 0.717) is 5.33 Å². The minimum Gasteiger partial charge on any atom is -0.366 e. The van der Waals surface area contributed by atoms with Gasteiger partial charge in [0.1, 0.15) is 0 Å². The van der Waals surface area contributed by atoms with Crippen molar-refractivity contribution in [1.82, 2.24) is 0 Å². The van der Waals surface area contributed by atoms with Gasteiger partial charge in [0.25, 0.3) is 5.91 Å². The molecule has 0 bridgehead atoms. The number of alkyl halides is 1. The van der Waals surface area contributed by atoms with Gasteiger partial charge in [-0.2, -0.15) is 0 Å². The number of para-hydroxylation sites is 1. The molecule has 1 heterocycles. The summed E-state index contributed by atoms with van der Waals surface area (Å²) >= 11 is 3.39. The van der Waals surface area contributed by atoms with Crippen LogP contribution in [0.25, 0.3) is 0 Å². The Kier molecular flexibility index (Phi) is 6.21. The molecule has 3 nitrogen and oxygen atoms in total. The second-order valence-corrected chi connectivity index (χ2v) is 6.35. The van der Waals surface area contributed by atoms with Gasteiger partial charge in [-0.1, -0.05) is 66.7 Å². The second-order valence-electron chi connectivity index (χ2n) is 5.79. The smallest absolute Gasteiger partial charge is 0.253 e. The highest BCUT2D eigenvalue weighted by Gasteiger charge is 2.45. The molecule has 2 rings (SSSR count). The highest BCUT2D eigenvalue weighted by Crippen LogP contribution is 2.37. The van der Waals surface area contributed by atoms with Gasteiger partial charge < -0.3 is 5.11 Å². The predicted molar refractivity (Wildman–Crippen MR) is 94.1 cm³/mol. The van der Waals surface area contributed by atoms with Crippen LogP contribution in [0.15, 0.2) is 42.0 Å². The van der Waals surface area contributed by atoms with Crippen LogP contribution in [-0.4, -0.2) is 22.1 Å². The van der Waals surface area contributed by atoms with E-state index in [1.165, 1.54) is 24.2 Å². The lowest BCUT2D eigenvalue weighted by Gasteiger charge is -2.35. The monoisotopic (exact) mass is 365 g/mol. The molecular formula is C18H24BrNO2. The molecule has 1 amide bonds. The summed E-state index contributed by atoms with van der Waals surface area (Å²) in [6.07, 6.45) is 8.20. The molecular weight excluding hydrogens is 342 g/mol. The molecule has 0 aromatic heterocycles. The number of rotatable bonds is 8. The van der Waals surface area contributed by atoms with Crippen molar-refractivity contribution >= 4 is 27.5 Å². The SMILES string of the molecule is CCCCCCCC1=CC(=O)N(c2ccccc2)C1(O)CBr. The Hall–Kier alpha value is -1.13. The van der Waals surface area contributed by atoms with Crippen LogP contribution in [0.5, 0.6) is 0 Å². The van der Waals surface area contributed by atoms with Crippen molar-refractivity contribution in [2.45, 2.75) is 51.2 Å². The van der Waals surface area contributed by atoms with Crippen molar-refractivity contribution in [3.05, 3.63) is 42.0 Å². The summed E-state index contributed by atoms with van der Waals surface area (Å²) in [5, 5.41) is 11.4. The molecule has 1 atom stereocenters. The summed E-state index contributed by atoms with van der Waals surface area (Å²) in [4.78, 5) is 13.9. The number of carbonyl (C=O) groups is 1. The van der Waals surface area contributed by atoms with Crippen LogP contribution in [-0.2, 0) is 4.79 Å². The summed E-state index contributed by atoms with van der Waals surface area (Å²) in [7, 11) is 0. The van der Waals surface area contributed by atoms with E-state index < -0.39 is 5.72 Å². The van der Waals surface area contributed by atoms with Crippen molar-refractivity contribution in [3.8, 4) is 0 Å². The molecule has 0 saturated heterocycles. The zero-order valence-corrected chi connectivity index (χ0v) is 14.7. The third-order valence-electron chi connectivity index (χ3n) is 4.15. The molecule has 1 aromatic carbocycles. The van der Waals surface area contributed by atoms with E-state index >= 15 is 0 Å². The van der Waals surface area contributed by atoms with Gasteiger partial charge >= 0.3 is 0 Å². The highest BCUT2D eigenvalue weighted by molar-refractivity contribution is 9.09. The van der Waals surface area contributed by atoms with Crippen LogP contribution in [0.1, 0.15) is 45.4 Å². The van der Waals surface area contributed by atoms with Gasteiger partial charge in [-0.3, -0.25) is 9.69 Å². The number of anilines is 1. The van der Waals surface area contributed by atoms with Gasteiger partial charge in [-0.25, -0.2) is 0 Å². The van der Waals surface area contributed by atoms with E-state index in [4.69, 9.17) is 0 Å². The molecule has 1 N–H and O–H groups in total. The Morgan fingerprint density at radius 1 is 1.14 bits per heavy atom. The lowest BCUT2D eigenvalue weighted by atomic mass is 9.99. The van der Waals surface area contributed by atoms with Crippen molar-refractivity contribution in [2.24, 2.45) is 0 Å². The fourth-order valence-corrected chi connectivity index (χ4v) is 3.52. The van der Waals surface area contributed by atoms with E-state index in [1.807, 2.05) is 30.3 Å². The van der Waals surface area contributed by atoms with Gasteiger partial charge in [0.2, 0.25) is 0 Å². The second kappa shape index (κ2) is 7.93. The maximum Gasteiger partial charge on any atom is 0.253 e. The van der Waals surface area contributed by atoms with Gasteiger partial charge in [0, 0.05) is 11.8 Å². The molecule has 1 unspecified atom stereocenters. The molecule has 120 valence electrons. The van der Waals surface area contributed by atoms with Crippen molar-refractivity contribution in [3.63, 3.8) is 0 Å². The zero-order chi connectivity index (χ0) is 16.0. The fraction of sp³-hybridized carbons (Fsp3) is 0.500. The summed E-state index contributed by atoms with van der Waals surface area (Å²) in [5.41, 5.74) is 0.296. The molecule has 0 fully saturated rings. The van der Waals surface area contributed by atoms with Gasteiger partial charge in [-0.05, 0) is 30.5 Å². The standard InChI is InChI=1S/C18H24BrNO2/c1-2-3-4-5-7-10-15-13-17(21)20(18(15,22)14-19)16-11-8-6-9-12-16/h6,8-9,11-13,22H,2-5,7,10,14H2,1H3. The highest BCUT2D eigenvalue weighted by atomic mass is 79.9. The fourth-order valence-electron chi connectivity index (χ4n) is 2.91. The topological polar surface area (TPSA) is 40.5 Å². The van der Waals surface area contributed by atoms with Crippen molar-refractivity contribution in [2.75, 3.05) is 10.2 Å². The maximum absolute atomic E-state index is 12.4. The largest absolute Gasteiger partial charge is 0.366 e. The first kappa shape index (κ1) is 17.2. The number of nitrogens with zero attached hydrogens (tertiary/aromatic N) is 1. The molecule has 0 aliphatic carbocycles. The zero-order valence-electron chi connectivity index (χ0n) is 13.1.